The Balaban J connectivity index is 2.00. The summed E-state index contributed by atoms with van der Waals surface area (Å²) < 4.78 is 5.49. The molecular formula is C16H21Cl2NO2. The fraction of sp³-hybridized carbons (Fsp3) is 0.500. The van der Waals surface area contributed by atoms with Crippen molar-refractivity contribution >= 4 is 23.2 Å². The SMILES string of the molecule is OCCCN(CC1=CCCOC1)Cc1ccc(Cl)c(Cl)c1. The number of hydrogen-bond donors (Lipinski definition) is 1. The largest absolute Gasteiger partial charge is 0.396 e. The fourth-order valence-electron chi connectivity index (χ4n) is 2.41. The number of hydrogen-bond acceptors (Lipinski definition) is 3. The monoisotopic (exact) mass is 329 g/mol. The van der Waals surface area contributed by atoms with Gasteiger partial charge in [-0.25, -0.2) is 0 Å². The number of ether oxygens (including phenoxy) is 1. The number of benzene rings is 1. The highest BCUT2D eigenvalue weighted by Crippen LogP contribution is 2.23. The van der Waals surface area contributed by atoms with Crippen LogP contribution in [0.25, 0.3) is 0 Å². The van der Waals surface area contributed by atoms with Crippen molar-refractivity contribution in [2.75, 3.05) is 32.9 Å². The highest BCUT2D eigenvalue weighted by Gasteiger charge is 2.12. The van der Waals surface area contributed by atoms with Crippen molar-refractivity contribution < 1.29 is 9.84 Å². The Labute approximate surface area is 136 Å². The van der Waals surface area contributed by atoms with Crippen LogP contribution in [0.5, 0.6) is 0 Å². The molecule has 0 amide bonds. The van der Waals surface area contributed by atoms with Gasteiger partial charge in [0.15, 0.2) is 0 Å². The summed E-state index contributed by atoms with van der Waals surface area (Å²) in [6.07, 6.45) is 4.00. The molecule has 1 aromatic rings. The summed E-state index contributed by atoms with van der Waals surface area (Å²) in [4.78, 5) is 2.30. The lowest BCUT2D eigenvalue weighted by atomic mass is 10.1. The molecule has 1 aromatic carbocycles. The molecule has 1 heterocycles. The van der Waals surface area contributed by atoms with Crippen LogP contribution in [0, 0.1) is 0 Å². The molecule has 0 saturated carbocycles. The molecule has 21 heavy (non-hydrogen) atoms. The smallest absolute Gasteiger partial charge is 0.0689 e. The van der Waals surface area contributed by atoms with Crippen molar-refractivity contribution in [3.05, 3.63) is 45.5 Å². The van der Waals surface area contributed by atoms with Gasteiger partial charge in [0.05, 0.1) is 23.3 Å². The van der Waals surface area contributed by atoms with Crippen molar-refractivity contribution in [3.8, 4) is 0 Å². The highest BCUT2D eigenvalue weighted by atomic mass is 35.5. The van der Waals surface area contributed by atoms with E-state index in [4.69, 9.17) is 33.0 Å². The van der Waals surface area contributed by atoms with E-state index >= 15 is 0 Å². The number of halogens is 2. The Morgan fingerprint density at radius 2 is 2.05 bits per heavy atom. The van der Waals surface area contributed by atoms with E-state index < -0.39 is 0 Å². The van der Waals surface area contributed by atoms with Gasteiger partial charge in [-0.1, -0.05) is 35.3 Å². The van der Waals surface area contributed by atoms with E-state index in [1.54, 1.807) is 0 Å². The number of aliphatic hydroxyl groups excluding tert-OH is 1. The summed E-state index contributed by atoms with van der Waals surface area (Å²) in [5.41, 5.74) is 2.43. The lowest BCUT2D eigenvalue weighted by Crippen LogP contribution is -2.29. The summed E-state index contributed by atoms with van der Waals surface area (Å²) >= 11 is 12.0. The van der Waals surface area contributed by atoms with Crippen LogP contribution in [0.15, 0.2) is 29.8 Å². The minimum Gasteiger partial charge on any atom is -0.396 e. The Hall–Kier alpha value is -0.580. The molecule has 0 spiro atoms. The van der Waals surface area contributed by atoms with Crippen LogP contribution in [-0.4, -0.2) is 42.9 Å². The molecule has 1 aliphatic heterocycles. The van der Waals surface area contributed by atoms with Crippen LogP contribution in [0.3, 0.4) is 0 Å². The fourth-order valence-corrected chi connectivity index (χ4v) is 2.73. The first-order chi connectivity index (χ1) is 10.2. The summed E-state index contributed by atoms with van der Waals surface area (Å²) in [5.74, 6) is 0. The molecule has 1 N–H and O–H groups in total. The second-order valence-electron chi connectivity index (χ2n) is 5.24. The lowest BCUT2D eigenvalue weighted by Gasteiger charge is -2.25. The summed E-state index contributed by atoms with van der Waals surface area (Å²) in [6, 6.07) is 5.72. The third-order valence-corrected chi connectivity index (χ3v) is 4.17. The predicted octanol–water partition coefficient (Wildman–Crippen LogP) is 3.52. The van der Waals surface area contributed by atoms with Gasteiger partial charge in [-0.3, -0.25) is 4.90 Å². The number of aliphatic hydroxyl groups is 1. The van der Waals surface area contributed by atoms with Gasteiger partial charge < -0.3 is 9.84 Å². The molecule has 0 aliphatic carbocycles. The molecular weight excluding hydrogens is 309 g/mol. The number of nitrogens with zero attached hydrogens (tertiary/aromatic N) is 1. The first-order valence-corrected chi connectivity index (χ1v) is 7.97. The Morgan fingerprint density at radius 1 is 1.19 bits per heavy atom. The molecule has 1 aliphatic rings. The van der Waals surface area contributed by atoms with Gasteiger partial charge in [-0.2, -0.15) is 0 Å². The van der Waals surface area contributed by atoms with Crippen LogP contribution < -0.4 is 0 Å². The van der Waals surface area contributed by atoms with Crippen LogP contribution in [0.2, 0.25) is 10.0 Å². The first kappa shape index (κ1) is 16.8. The highest BCUT2D eigenvalue weighted by molar-refractivity contribution is 6.42. The maximum atomic E-state index is 9.06. The average Bonchev–Trinajstić information content (AvgIpc) is 2.49. The summed E-state index contributed by atoms with van der Waals surface area (Å²) in [6.45, 7) is 4.21. The van der Waals surface area contributed by atoms with Gasteiger partial charge in [0, 0.05) is 26.2 Å². The van der Waals surface area contributed by atoms with Crippen LogP contribution in [-0.2, 0) is 11.3 Å². The van der Waals surface area contributed by atoms with Gasteiger partial charge in [-0.05, 0) is 36.1 Å². The Kier molecular flexibility index (Phi) is 7.00. The van der Waals surface area contributed by atoms with Crippen molar-refractivity contribution in [1.82, 2.24) is 4.90 Å². The molecule has 0 unspecified atom stereocenters. The number of rotatable bonds is 7. The molecule has 0 fully saturated rings. The topological polar surface area (TPSA) is 32.7 Å². The molecule has 116 valence electrons. The van der Waals surface area contributed by atoms with Gasteiger partial charge in [-0.15, -0.1) is 0 Å². The minimum absolute atomic E-state index is 0.202. The average molecular weight is 330 g/mol. The van der Waals surface area contributed by atoms with E-state index in [0.717, 1.165) is 44.6 Å². The van der Waals surface area contributed by atoms with Crippen LogP contribution in [0.4, 0.5) is 0 Å². The van der Waals surface area contributed by atoms with Crippen LogP contribution in [0.1, 0.15) is 18.4 Å². The minimum atomic E-state index is 0.202. The first-order valence-electron chi connectivity index (χ1n) is 7.22. The second kappa shape index (κ2) is 8.76. The molecule has 0 atom stereocenters. The molecule has 0 radical (unpaired) electrons. The lowest BCUT2D eigenvalue weighted by molar-refractivity contribution is 0.139. The third-order valence-electron chi connectivity index (χ3n) is 3.43. The van der Waals surface area contributed by atoms with Gasteiger partial charge >= 0.3 is 0 Å². The van der Waals surface area contributed by atoms with Crippen molar-refractivity contribution in [1.29, 1.82) is 0 Å². The summed E-state index contributed by atoms with van der Waals surface area (Å²) in [7, 11) is 0. The molecule has 3 nitrogen and oxygen atoms in total. The molecule has 5 heteroatoms. The standard InChI is InChI=1S/C16H21Cl2NO2/c17-15-5-4-13(9-16(15)18)10-19(6-2-7-20)11-14-3-1-8-21-12-14/h3-5,9,20H,1-2,6-8,10-12H2. The third kappa shape index (κ3) is 5.61. The summed E-state index contributed by atoms with van der Waals surface area (Å²) in [5, 5.41) is 10.2. The molecule has 0 saturated heterocycles. The molecule has 0 bridgehead atoms. The van der Waals surface area contributed by atoms with Crippen LogP contribution >= 0.6 is 23.2 Å². The molecule has 0 aromatic heterocycles. The second-order valence-corrected chi connectivity index (χ2v) is 6.05. The van der Waals surface area contributed by atoms with E-state index in [1.165, 1.54) is 5.57 Å². The van der Waals surface area contributed by atoms with E-state index in [-0.39, 0.29) is 6.61 Å². The van der Waals surface area contributed by atoms with E-state index in [9.17, 15) is 0 Å². The van der Waals surface area contributed by atoms with Crippen molar-refractivity contribution in [3.63, 3.8) is 0 Å². The predicted molar refractivity (Wildman–Crippen MR) is 87.0 cm³/mol. The van der Waals surface area contributed by atoms with E-state index in [0.29, 0.717) is 16.7 Å². The maximum Gasteiger partial charge on any atom is 0.0689 e. The van der Waals surface area contributed by atoms with Gasteiger partial charge in [0.2, 0.25) is 0 Å². The molecule has 2 rings (SSSR count). The zero-order valence-corrected chi connectivity index (χ0v) is 13.5. The van der Waals surface area contributed by atoms with Crippen molar-refractivity contribution in [2.24, 2.45) is 0 Å². The normalized spacial score (nSPS) is 15.3. The van der Waals surface area contributed by atoms with Gasteiger partial charge in [0.1, 0.15) is 0 Å². The maximum absolute atomic E-state index is 9.06. The Bertz CT molecular complexity index is 491. The van der Waals surface area contributed by atoms with Gasteiger partial charge in [0.25, 0.3) is 0 Å². The zero-order chi connectivity index (χ0) is 15.1. The zero-order valence-electron chi connectivity index (χ0n) is 12.0. The Morgan fingerprint density at radius 3 is 2.71 bits per heavy atom. The van der Waals surface area contributed by atoms with E-state index in [1.807, 2.05) is 18.2 Å². The van der Waals surface area contributed by atoms with Crippen molar-refractivity contribution in [2.45, 2.75) is 19.4 Å². The van der Waals surface area contributed by atoms with E-state index in [2.05, 4.69) is 11.0 Å². The quantitative estimate of drug-likeness (QED) is 0.777.